The molecule has 0 bridgehead atoms. The first-order chi connectivity index (χ1) is 10.1. The van der Waals surface area contributed by atoms with Gasteiger partial charge in [0.25, 0.3) is 0 Å². The number of hydrogen-bond acceptors (Lipinski definition) is 4. The van der Waals surface area contributed by atoms with Gasteiger partial charge < -0.3 is 21.7 Å². The minimum absolute atomic E-state index is 0.0807. The number of aromatic hydroxyl groups is 1. The maximum Gasteiger partial charge on any atom is 0.402 e. The van der Waals surface area contributed by atoms with Crippen molar-refractivity contribution in [3.63, 3.8) is 0 Å². The number of anilines is 1. The van der Waals surface area contributed by atoms with E-state index in [1.165, 1.54) is 24.3 Å². The predicted molar refractivity (Wildman–Crippen MR) is 77.1 cm³/mol. The van der Waals surface area contributed by atoms with Gasteiger partial charge in [-0.3, -0.25) is 0 Å². The molecule has 0 saturated carbocycles. The Morgan fingerprint density at radius 3 is 2.36 bits per heavy atom. The summed E-state index contributed by atoms with van der Waals surface area (Å²) in [5.74, 6) is -0.284. The van der Waals surface area contributed by atoms with Crippen molar-refractivity contribution in [2.75, 3.05) is 5.73 Å². The molecule has 0 heterocycles. The van der Waals surface area contributed by atoms with Crippen molar-refractivity contribution in [3.05, 3.63) is 47.6 Å². The van der Waals surface area contributed by atoms with E-state index >= 15 is 0 Å². The number of hydrogen-bond donors (Lipinski definition) is 4. The van der Waals surface area contributed by atoms with Crippen LogP contribution in [0.2, 0.25) is 0 Å². The molecule has 0 aliphatic heterocycles. The third-order valence-electron chi connectivity index (χ3n) is 3.99. The third-order valence-corrected chi connectivity index (χ3v) is 3.99. The van der Waals surface area contributed by atoms with Crippen LogP contribution in [0.4, 0.5) is 18.9 Å². The smallest absolute Gasteiger partial charge is 0.402 e. The number of benzene rings is 1. The molecule has 3 unspecified atom stereocenters. The zero-order valence-corrected chi connectivity index (χ0v) is 11.8. The lowest BCUT2D eigenvalue weighted by Gasteiger charge is -2.36. The summed E-state index contributed by atoms with van der Waals surface area (Å²) >= 11 is 0. The average Bonchev–Trinajstić information content (AvgIpc) is 2.42. The highest BCUT2D eigenvalue weighted by molar-refractivity contribution is 5.57. The second-order valence-electron chi connectivity index (χ2n) is 5.45. The van der Waals surface area contributed by atoms with Crippen LogP contribution in [0.5, 0.6) is 5.75 Å². The number of nitrogens with two attached hydrogens (primary N) is 2. The topological polar surface area (TPSA) is 92.5 Å². The number of aliphatic hydroxyl groups is 1. The van der Waals surface area contributed by atoms with Crippen molar-refractivity contribution in [3.8, 4) is 5.75 Å². The average molecular weight is 314 g/mol. The van der Waals surface area contributed by atoms with E-state index in [1.54, 1.807) is 0 Å². The quantitative estimate of drug-likeness (QED) is 0.496. The molecular formula is C15H17F3N2O2. The van der Waals surface area contributed by atoms with Gasteiger partial charge in [0.05, 0.1) is 17.8 Å². The minimum Gasteiger partial charge on any atom is -0.506 e. The number of alkyl halides is 3. The molecule has 4 nitrogen and oxygen atoms in total. The van der Waals surface area contributed by atoms with Crippen molar-refractivity contribution in [1.82, 2.24) is 0 Å². The van der Waals surface area contributed by atoms with Crippen molar-refractivity contribution >= 4 is 5.69 Å². The van der Waals surface area contributed by atoms with Gasteiger partial charge in [-0.2, -0.15) is 13.2 Å². The first-order valence-corrected chi connectivity index (χ1v) is 6.57. The molecule has 0 aromatic heterocycles. The van der Waals surface area contributed by atoms with Crippen LogP contribution in [0, 0.1) is 0 Å². The van der Waals surface area contributed by atoms with Gasteiger partial charge in [-0.1, -0.05) is 24.3 Å². The van der Waals surface area contributed by atoms with Gasteiger partial charge in [0.1, 0.15) is 11.2 Å². The van der Waals surface area contributed by atoms with Gasteiger partial charge >= 0.3 is 6.18 Å². The molecular weight excluding hydrogens is 297 g/mol. The molecule has 1 aromatic carbocycles. The van der Waals surface area contributed by atoms with E-state index < -0.39 is 23.7 Å². The molecule has 1 aromatic rings. The van der Waals surface area contributed by atoms with Crippen LogP contribution in [0.3, 0.4) is 0 Å². The summed E-state index contributed by atoms with van der Waals surface area (Å²) in [6.45, 7) is 1.01. The molecule has 1 aliphatic carbocycles. The molecule has 22 heavy (non-hydrogen) atoms. The highest BCUT2D eigenvalue weighted by Crippen LogP contribution is 2.48. The van der Waals surface area contributed by atoms with Crippen LogP contribution in [-0.4, -0.2) is 28.5 Å². The molecule has 7 heteroatoms. The van der Waals surface area contributed by atoms with E-state index in [0.29, 0.717) is 0 Å². The normalized spacial score (nSPS) is 24.7. The number of halogens is 3. The monoisotopic (exact) mass is 314 g/mol. The summed E-state index contributed by atoms with van der Waals surface area (Å²) in [5.41, 5.74) is 8.46. The van der Waals surface area contributed by atoms with E-state index in [4.69, 9.17) is 11.5 Å². The Labute approximate surface area is 125 Å². The molecule has 1 aliphatic rings. The number of aliphatic hydroxyl groups excluding tert-OH is 1. The first-order valence-electron chi connectivity index (χ1n) is 6.57. The van der Waals surface area contributed by atoms with E-state index in [9.17, 15) is 23.4 Å². The molecule has 0 spiro atoms. The largest absolute Gasteiger partial charge is 0.506 e. The van der Waals surface area contributed by atoms with Gasteiger partial charge in [0, 0.05) is 0 Å². The van der Waals surface area contributed by atoms with Crippen molar-refractivity contribution < 1.29 is 23.4 Å². The van der Waals surface area contributed by atoms with Crippen LogP contribution in [0.25, 0.3) is 0 Å². The zero-order chi connectivity index (χ0) is 16.7. The lowest BCUT2D eigenvalue weighted by Crippen LogP contribution is -2.44. The fourth-order valence-electron chi connectivity index (χ4n) is 2.38. The number of rotatable bonds is 2. The van der Waals surface area contributed by atoms with E-state index in [1.807, 2.05) is 0 Å². The van der Waals surface area contributed by atoms with Crippen LogP contribution >= 0.6 is 0 Å². The predicted octanol–water partition coefficient (Wildman–Crippen LogP) is 1.98. The fraction of sp³-hybridized carbons (Fsp3) is 0.333. The molecule has 0 saturated heterocycles. The van der Waals surface area contributed by atoms with Gasteiger partial charge in [-0.25, -0.2) is 0 Å². The SMILES string of the molecule is CC(C1=CC(N)C(O)C=C1)(c1ccc(O)c(N)c1)C(F)(F)F. The highest BCUT2D eigenvalue weighted by atomic mass is 19.4. The molecule has 0 fully saturated rings. The van der Waals surface area contributed by atoms with E-state index in [-0.39, 0.29) is 22.6 Å². The summed E-state index contributed by atoms with van der Waals surface area (Å²) in [7, 11) is 0. The number of phenolic OH excluding ortho intramolecular Hbond substituents is 1. The van der Waals surface area contributed by atoms with E-state index in [0.717, 1.165) is 19.1 Å². The Morgan fingerprint density at radius 1 is 1.23 bits per heavy atom. The Balaban J connectivity index is 2.62. The summed E-state index contributed by atoms with van der Waals surface area (Å²) < 4.78 is 41.2. The number of allylic oxidation sites excluding steroid dienone is 2. The Morgan fingerprint density at radius 2 is 1.86 bits per heavy atom. The summed E-state index contributed by atoms with van der Waals surface area (Å²) in [6.07, 6.45) is -2.00. The van der Waals surface area contributed by atoms with Crippen LogP contribution in [-0.2, 0) is 5.41 Å². The van der Waals surface area contributed by atoms with Gasteiger partial charge in [-0.05, 0) is 30.2 Å². The van der Waals surface area contributed by atoms with E-state index in [2.05, 4.69) is 0 Å². The van der Waals surface area contributed by atoms with Crippen LogP contribution < -0.4 is 11.5 Å². The highest BCUT2D eigenvalue weighted by Gasteiger charge is 2.54. The Kier molecular flexibility index (Phi) is 3.97. The standard InChI is InChI=1S/C15H17F3N2O2/c1-14(15(16,17)18,8-2-4-12(21)10(19)6-8)9-3-5-13(22)11(20)7-9/h2-7,10,12,21-22H,19-20H2,1H3. The second-order valence-corrected chi connectivity index (χ2v) is 5.45. The van der Waals surface area contributed by atoms with Crippen molar-refractivity contribution in [1.29, 1.82) is 0 Å². The number of phenols is 1. The molecule has 0 amide bonds. The Bertz CT molecular complexity index is 640. The van der Waals surface area contributed by atoms with Crippen LogP contribution in [0.15, 0.2) is 42.0 Å². The summed E-state index contributed by atoms with van der Waals surface area (Å²) in [5, 5.41) is 18.9. The molecule has 0 radical (unpaired) electrons. The van der Waals surface area contributed by atoms with Gasteiger partial charge in [0.2, 0.25) is 0 Å². The number of nitrogen functional groups attached to an aromatic ring is 1. The van der Waals surface area contributed by atoms with Gasteiger partial charge in [0.15, 0.2) is 0 Å². The maximum atomic E-state index is 13.7. The molecule has 2 rings (SSSR count). The third kappa shape index (κ3) is 2.57. The second kappa shape index (κ2) is 5.33. The lowest BCUT2D eigenvalue weighted by molar-refractivity contribution is -0.173. The molecule has 6 N–H and O–H groups in total. The van der Waals surface area contributed by atoms with Crippen molar-refractivity contribution in [2.45, 2.75) is 30.7 Å². The van der Waals surface area contributed by atoms with Crippen LogP contribution in [0.1, 0.15) is 12.5 Å². The molecule has 120 valence electrons. The zero-order valence-electron chi connectivity index (χ0n) is 11.8. The van der Waals surface area contributed by atoms with Gasteiger partial charge in [-0.15, -0.1) is 0 Å². The first kappa shape index (κ1) is 16.4. The minimum atomic E-state index is -4.62. The van der Waals surface area contributed by atoms with Crippen molar-refractivity contribution in [2.24, 2.45) is 5.73 Å². The summed E-state index contributed by atoms with van der Waals surface area (Å²) in [4.78, 5) is 0. The summed E-state index contributed by atoms with van der Waals surface area (Å²) in [6, 6.07) is 2.46. The fourth-order valence-corrected chi connectivity index (χ4v) is 2.38. The maximum absolute atomic E-state index is 13.7. The molecule has 3 atom stereocenters. The lowest BCUT2D eigenvalue weighted by atomic mass is 9.72. The Hall–Kier alpha value is -1.99.